The van der Waals surface area contributed by atoms with Crippen molar-refractivity contribution in [3.05, 3.63) is 0 Å². The number of sulfonamides is 1. The lowest BCUT2D eigenvalue weighted by Crippen LogP contribution is -2.52. The van der Waals surface area contributed by atoms with Crippen LogP contribution < -0.4 is 10.6 Å². The molecule has 0 atom stereocenters. The standard InChI is InChI=1S/C18H35N5O3S.HI/c1-4-27(25,26)23-12-10-16(11-13-23)21-18(19-14-17(24)22(2)3)20-15-8-6-5-7-9-15;/h15-16H,4-14H2,1-3H3,(H2,19,20,21);1H. The van der Waals surface area contributed by atoms with E-state index in [-0.39, 0.29) is 48.2 Å². The Bertz CT molecular complexity index is 613. The summed E-state index contributed by atoms with van der Waals surface area (Å²) >= 11 is 0. The highest BCUT2D eigenvalue weighted by molar-refractivity contribution is 14.0. The smallest absolute Gasteiger partial charge is 0.243 e. The number of guanidine groups is 1. The van der Waals surface area contributed by atoms with Crippen LogP contribution in [0.5, 0.6) is 0 Å². The van der Waals surface area contributed by atoms with Crippen molar-refractivity contribution < 1.29 is 13.2 Å². The molecule has 1 aliphatic heterocycles. The first-order chi connectivity index (χ1) is 12.8. The van der Waals surface area contributed by atoms with Crippen molar-refractivity contribution in [2.75, 3.05) is 39.5 Å². The second-order valence-electron chi connectivity index (χ2n) is 7.65. The van der Waals surface area contributed by atoms with Gasteiger partial charge in [-0.25, -0.2) is 17.7 Å². The van der Waals surface area contributed by atoms with E-state index in [4.69, 9.17) is 0 Å². The second kappa shape index (κ2) is 12.2. The van der Waals surface area contributed by atoms with E-state index in [1.165, 1.54) is 24.2 Å². The fourth-order valence-corrected chi connectivity index (χ4v) is 4.65. The Hall–Kier alpha value is -0.620. The minimum atomic E-state index is -3.12. The van der Waals surface area contributed by atoms with E-state index >= 15 is 0 Å². The molecule has 28 heavy (non-hydrogen) atoms. The molecule has 2 N–H and O–H groups in total. The zero-order valence-corrected chi connectivity index (χ0v) is 20.5. The van der Waals surface area contributed by atoms with Gasteiger partial charge < -0.3 is 15.5 Å². The zero-order valence-electron chi connectivity index (χ0n) is 17.3. The number of likely N-dealkylation sites (N-methyl/N-ethyl adjacent to an activating group) is 1. The summed E-state index contributed by atoms with van der Waals surface area (Å²) < 4.78 is 25.6. The van der Waals surface area contributed by atoms with Crippen molar-refractivity contribution in [3.8, 4) is 0 Å². The highest BCUT2D eigenvalue weighted by Gasteiger charge is 2.27. The Balaban J connectivity index is 0.00000392. The number of hydrogen-bond donors (Lipinski definition) is 2. The van der Waals surface area contributed by atoms with Crippen LogP contribution >= 0.6 is 24.0 Å². The SMILES string of the molecule is CCS(=O)(=O)N1CCC(NC(=NCC(=O)N(C)C)NC2CCCCC2)CC1.I. The van der Waals surface area contributed by atoms with Crippen molar-refractivity contribution in [2.24, 2.45) is 4.99 Å². The minimum absolute atomic E-state index is 0. The molecule has 0 radical (unpaired) electrons. The maximum Gasteiger partial charge on any atom is 0.243 e. The van der Waals surface area contributed by atoms with Crippen LogP contribution in [-0.4, -0.2) is 81.1 Å². The first-order valence-corrected chi connectivity index (χ1v) is 11.7. The summed E-state index contributed by atoms with van der Waals surface area (Å²) in [5.74, 6) is 0.783. The number of halogens is 1. The van der Waals surface area contributed by atoms with Gasteiger partial charge in [-0.3, -0.25) is 4.79 Å². The van der Waals surface area contributed by atoms with Gasteiger partial charge in [0.15, 0.2) is 5.96 Å². The third-order valence-corrected chi connectivity index (χ3v) is 7.25. The summed E-state index contributed by atoms with van der Waals surface area (Å²) in [6.07, 6.45) is 7.44. The average molecular weight is 529 g/mol. The van der Waals surface area contributed by atoms with Crippen molar-refractivity contribution in [3.63, 3.8) is 0 Å². The molecule has 0 unspecified atom stereocenters. The first kappa shape index (κ1) is 25.4. The molecule has 2 fully saturated rings. The number of nitrogens with zero attached hydrogens (tertiary/aromatic N) is 3. The fourth-order valence-electron chi connectivity index (χ4n) is 3.52. The largest absolute Gasteiger partial charge is 0.354 e. The third kappa shape index (κ3) is 8.02. The molecule has 1 aliphatic carbocycles. The van der Waals surface area contributed by atoms with Crippen LogP contribution in [0.1, 0.15) is 51.9 Å². The molecule has 1 saturated heterocycles. The van der Waals surface area contributed by atoms with Gasteiger partial charge in [-0.15, -0.1) is 24.0 Å². The zero-order chi connectivity index (χ0) is 19.9. The molecular weight excluding hydrogens is 493 g/mol. The number of aliphatic imine (C=N–C) groups is 1. The van der Waals surface area contributed by atoms with Gasteiger partial charge in [0, 0.05) is 39.3 Å². The van der Waals surface area contributed by atoms with E-state index in [2.05, 4.69) is 15.6 Å². The molecule has 2 rings (SSSR count). The van der Waals surface area contributed by atoms with Crippen LogP contribution in [0.25, 0.3) is 0 Å². The maximum atomic E-state index is 12.0. The van der Waals surface area contributed by atoms with Crippen molar-refractivity contribution in [1.29, 1.82) is 0 Å². The predicted molar refractivity (Wildman–Crippen MR) is 124 cm³/mol. The summed E-state index contributed by atoms with van der Waals surface area (Å²) in [5.41, 5.74) is 0. The third-order valence-electron chi connectivity index (χ3n) is 5.37. The number of rotatable bonds is 6. The van der Waals surface area contributed by atoms with Gasteiger partial charge in [0.1, 0.15) is 6.54 Å². The summed E-state index contributed by atoms with van der Waals surface area (Å²) in [5, 5.41) is 6.92. The highest BCUT2D eigenvalue weighted by Crippen LogP contribution is 2.18. The minimum Gasteiger partial charge on any atom is -0.354 e. The topological polar surface area (TPSA) is 94.1 Å². The number of carbonyl (C=O) groups excluding carboxylic acids is 1. The van der Waals surface area contributed by atoms with Gasteiger partial charge in [-0.05, 0) is 32.6 Å². The van der Waals surface area contributed by atoms with Gasteiger partial charge in [-0.1, -0.05) is 19.3 Å². The van der Waals surface area contributed by atoms with Gasteiger partial charge in [0.2, 0.25) is 15.9 Å². The normalized spacial score (nSPS) is 20.3. The maximum absolute atomic E-state index is 12.0. The van der Waals surface area contributed by atoms with E-state index in [0.717, 1.165) is 25.7 Å². The molecule has 0 bridgehead atoms. The monoisotopic (exact) mass is 529 g/mol. The number of nitrogens with one attached hydrogen (secondary N) is 2. The molecule has 0 aromatic heterocycles. The molecule has 0 spiro atoms. The molecule has 1 heterocycles. The number of hydrogen-bond acceptors (Lipinski definition) is 4. The molecule has 10 heteroatoms. The van der Waals surface area contributed by atoms with Crippen molar-refractivity contribution in [2.45, 2.75) is 64.0 Å². The Morgan fingerprint density at radius 2 is 1.57 bits per heavy atom. The molecule has 1 amide bonds. The second-order valence-corrected chi connectivity index (χ2v) is 9.91. The molecule has 2 aliphatic rings. The highest BCUT2D eigenvalue weighted by atomic mass is 127. The van der Waals surface area contributed by atoms with E-state index < -0.39 is 10.0 Å². The van der Waals surface area contributed by atoms with E-state index in [1.54, 1.807) is 25.3 Å². The lowest BCUT2D eigenvalue weighted by molar-refractivity contribution is -0.127. The fraction of sp³-hybridized carbons (Fsp3) is 0.889. The summed E-state index contributed by atoms with van der Waals surface area (Å²) in [7, 11) is 0.334. The number of carbonyl (C=O) groups is 1. The lowest BCUT2D eigenvalue weighted by Gasteiger charge is -2.33. The summed E-state index contributed by atoms with van der Waals surface area (Å²) in [6.45, 7) is 2.85. The molecule has 0 aromatic rings. The van der Waals surface area contributed by atoms with E-state index in [9.17, 15) is 13.2 Å². The van der Waals surface area contributed by atoms with Crippen molar-refractivity contribution in [1.82, 2.24) is 19.8 Å². The number of amides is 1. The first-order valence-electron chi connectivity index (χ1n) is 10.1. The van der Waals surface area contributed by atoms with Crippen LogP contribution in [0.15, 0.2) is 4.99 Å². The van der Waals surface area contributed by atoms with Crippen LogP contribution in [0, 0.1) is 0 Å². The average Bonchev–Trinajstić information content (AvgIpc) is 2.67. The Labute approximate surface area is 187 Å². The van der Waals surface area contributed by atoms with Crippen LogP contribution in [0.2, 0.25) is 0 Å². The molecule has 0 aromatic carbocycles. The molecular formula is C18H36IN5O3S. The van der Waals surface area contributed by atoms with E-state index in [0.29, 0.717) is 25.1 Å². The van der Waals surface area contributed by atoms with Gasteiger partial charge in [-0.2, -0.15) is 0 Å². The van der Waals surface area contributed by atoms with Crippen LogP contribution in [0.3, 0.4) is 0 Å². The van der Waals surface area contributed by atoms with Crippen LogP contribution in [0.4, 0.5) is 0 Å². The lowest BCUT2D eigenvalue weighted by atomic mass is 9.96. The van der Waals surface area contributed by atoms with Gasteiger partial charge >= 0.3 is 0 Å². The quantitative estimate of drug-likeness (QED) is 0.308. The number of piperidine rings is 1. The summed E-state index contributed by atoms with van der Waals surface area (Å²) in [6, 6.07) is 0.553. The Kier molecular flexibility index (Phi) is 11.0. The van der Waals surface area contributed by atoms with Gasteiger partial charge in [0.25, 0.3) is 0 Å². The van der Waals surface area contributed by atoms with Gasteiger partial charge in [0.05, 0.1) is 5.75 Å². The predicted octanol–water partition coefficient (Wildman–Crippen LogP) is 1.37. The Morgan fingerprint density at radius 3 is 2.07 bits per heavy atom. The van der Waals surface area contributed by atoms with Crippen LogP contribution in [-0.2, 0) is 14.8 Å². The summed E-state index contributed by atoms with van der Waals surface area (Å²) in [4.78, 5) is 17.9. The molecule has 1 saturated carbocycles. The Morgan fingerprint density at radius 1 is 1.04 bits per heavy atom. The van der Waals surface area contributed by atoms with Crippen molar-refractivity contribution >= 4 is 45.9 Å². The molecule has 8 nitrogen and oxygen atoms in total. The van der Waals surface area contributed by atoms with E-state index in [1.807, 2.05) is 0 Å². The molecule has 164 valence electrons.